The predicted octanol–water partition coefficient (Wildman–Crippen LogP) is 7.43. The van der Waals surface area contributed by atoms with E-state index in [1.807, 2.05) is 0 Å². The van der Waals surface area contributed by atoms with Crippen molar-refractivity contribution in [2.24, 2.45) is 0 Å². The van der Waals surface area contributed by atoms with E-state index in [0.717, 1.165) is 4.47 Å². The van der Waals surface area contributed by atoms with Crippen molar-refractivity contribution in [3.63, 3.8) is 0 Å². The lowest BCUT2D eigenvalue weighted by Crippen LogP contribution is -2.40. The van der Waals surface area contributed by atoms with Crippen LogP contribution >= 0.6 is 27.7 Å². The fourth-order valence-electron chi connectivity index (χ4n) is 1.93. The average Bonchev–Trinajstić information content (AvgIpc) is 2.49. The first kappa shape index (κ1) is 19.8. The largest absolute Gasteiger partial charge is 0.413 e. The molecule has 0 aromatic heterocycles. The van der Waals surface area contributed by atoms with Crippen molar-refractivity contribution < 1.29 is 4.43 Å². The number of rotatable bonds is 5. The maximum Gasteiger partial charge on any atom is 0.192 e. The van der Waals surface area contributed by atoms with Crippen molar-refractivity contribution in [2.45, 2.75) is 62.2 Å². The number of hydrogen-bond donors (Lipinski definition) is 0. The minimum absolute atomic E-state index is 0.242. The van der Waals surface area contributed by atoms with Crippen molar-refractivity contribution in [1.82, 2.24) is 0 Å². The highest BCUT2D eigenvalue weighted by Crippen LogP contribution is 2.38. The Morgan fingerprint density at radius 2 is 1.67 bits per heavy atom. The van der Waals surface area contributed by atoms with Gasteiger partial charge in [0.2, 0.25) is 0 Å². The molecule has 0 aliphatic carbocycles. The molecule has 24 heavy (non-hydrogen) atoms. The predicted molar refractivity (Wildman–Crippen MR) is 111 cm³/mol. The average molecular weight is 423 g/mol. The van der Waals surface area contributed by atoms with E-state index in [1.165, 1.54) is 20.9 Å². The van der Waals surface area contributed by atoms with Crippen LogP contribution in [0.3, 0.4) is 0 Å². The monoisotopic (exact) mass is 422 g/mol. The van der Waals surface area contributed by atoms with Gasteiger partial charge in [0.05, 0.1) is 6.61 Å². The highest BCUT2D eigenvalue weighted by atomic mass is 79.9. The van der Waals surface area contributed by atoms with E-state index < -0.39 is 8.32 Å². The molecule has 0 amide bonds. The van der Waals surface area contributed by atoms with Crippen LogP contribution in [0.15, 0.2) is 56.7 Å². The third-order valence-electron chi connectivity index (χ3n) is 4.65. The number of aryl methyl sites for hydroxylation is 1. The van der Waals surface area contributed by atoms with Gasteiger partial charge in [-0.15, -0.1) is 0 Å². The van der Waals surface area contributed by atoms with Crippen LogP contribution < -0.4 is 0 Å². The summed E-state index contributed by atoms with van der Waals surface area (Å²) in [6.45, 7) is 14.2. The zero-order valence-electron chi connectivity index (χ0n) is 15.4. The highest BCUT2D eigenvalue weighted by molar-refractivity contribution is 9.10. The normalized spacial score (nSPS) is 12.5. The van der Waals surface area contributed by atoms with Gasteiger partial charge in [0.15, 0.2) is 8.32 Å². The van der Waals surface area contributed by atoms with E-state index in [0.29, 0.717) is 6.61 Å². The standard InChI is InChI=1S/C20H27BrOSSi/c1-15-7-10-17(11-8-15)23-19-12-9-16(13-18(19)21)14-22-24(5,6)20(2,3)4/h7-13H,14H2,1-6H3. The van der Waals surface area contributed by atoms with E-state index in [-0.39, 0.29) is 5.04 Å². The van der Waals surface area contributed by atoms with Crippen LogP contribution in [0.5, 0.6) is 0 Å². The summed E-state index contributed by atoms with van der Waals surface area (Å²) in [5, 5.41) is 0.242. The first-order chi connectivity index (χ1) is 11.1. The summed E-state index contributed by atoms with van der Waals surface area (Å²) in [7, 11) is -1.71. The van der Waals surface area contributed by atoms with E-state index in [1.54, 1.807) is 11.8 Å². The van der Waals surface area contributed by atoms with E-state index in [9.17, 15) is 0 Å². The first-order valence-electron chi connectivity index (χ1n) is 8.25. The minimum Gasteiger partial charge on any atom is -0.413 e. The summed E-state index contributed by atoms with van der Waals surface area (Å²) in [5.74, 6) is 0. The molecular weight excluding hydrogens is 396 g/mol. The van der Waals surface area contributed by atoms with Crippen LogP contribution in [-0.4, -0.2) is 8.32 Å². The second kappa shape index (κ2) is 7.77. The molecule has 0 atom stereocenters. The van der Waals surface area contributed by atoms with Crippen molar-refractivity contribution in [3.8, 4) is 0 Å². The summed E-state index contributed by atoms with van der Waals surface area (Å²) in [6.07, 6.45) is 0. The smallest absolute Gasteiger partial charge is 0.192 e. The minimum atomic E-state index is -1.71. The zero-order chi connectivity index (χ0) is 18.0. The van der Waals surface area contributed by atoms with Gasteiger partial charge in [0, 0.05) is 14.3 Å². The van der Waals surface area contributed by atoms with Crippen molar-refractivity contribution in [3.05, 3.63) is 58.1 Å². The van der Waals surface area contributed by atoms with Gasteiger partial charge in [-0.1, -0.05) is 56.3 Å². The number of benzene rings is 2. The molecule has 2 aromatic rings. The fraction of sp³-hybridized carbons (Fsp3) is 0.400. The zero-order valence-corrected chi connectivity index (χ0v) is 18.8. The van der Waals surface area contributed by atoms with E-state index >= 15 is 0 Å². The molecule has 0 unspecified atom stereocenters. The summed E-state index contributed by atoms with van der Waals surface area (Å²) < 4.78 is 7.45. The number of halogens is 1. The molecule has 0 saturated heterocycles. The molecule has 1 nitrogen and oxygen atoms in total. The second-order valence-electron chi connectivity index (χ2n) is 7.73. The molecule has 0 aliphatic rings. The molecular formula is C20H27BrOSSi. The maximum absolute atomic E-state index is 6.32. The van der Waals surface area contributed by atoms with Crippen LogP contribution in [-0.2, 0) is 11.0 Å². The summed E-state index contributed by atoms with van der Waals surface area (Å²) >= 11 is 5.49. The lowest BCUT2D eigenvalue weighted by Gasteiger charge is -2.36. The van der Waals surface area contributed by atoms with E-state index in [4.69, 9.17) is 4.43 Å². The fourth-order valence-corrected chi connectivity index (χ4v) is 4.38. The Morgan fingerprint density at radius 1 is 1.04 bits per heavy atom. The SMILES string of the molecule is Cc1ccc(Sc2ccc(CO[Si](C)(C)C(C)(C)C)cc2Br)cc1. The van der Waals surface area contributed by atoms with Gasteiger partial charge < -0.3 is 4.43 Å². The highest BCUT2D eigenvalue weighted by Gasteiger charge is 2.37. The van der Waals surface area contributed by atoms with Gasteiger partial charge >= 0.3 is 0 Å². The molecule has 0 N–H and O–H groups in total. The van der Waals surface area contributed by atoms with Gasteiger partial charge in [-0.3, -0.25) is 0 Å². The van der Waals surface area contributed by atoms with Gasteiger partial charge in [0.1, 0.15) is 0 Å². The van der Waals surface area contributed by atoms with Gasteiger partial charge in [0.25, 0.3) is 0 Å². The molecule has 0 saturated carbocycles. The molecule has 0 radical (unpaired) electrons. The van der Waals surface area contributed by atoms with Gasteiger partial charge in [-0.05, 0) is 70.8 Å². The lowest BCUT2D eigenvalue weighted by molar-refractivity contribution is 0.276. The molecule has 2 rings (SSSR count). The first-order valence-corrected chi connectivity index (χ1v) is 12.8. The van der Waals surface area contributed by atoms with Crippen LogP contribution in [0.1, 0.15) is 31.9 Å². The molecule has 0 fully saturated rings. The summed E-state index contributed by atoms with van der Waals surface area (Å²) in [4.78, 5) is 2.49. The summed E-state index contributed by atoms with van der Waals surface area (Å²) in [6, 6.07) is 15.2. The quantitative estimate of drug-likeness (QED) is 0.463. The van der Waals surface area contributed by atoms with Gasteiger partial charge in [-0.2, -0.15) is 0 Å². The third-order valence-corrected chi connectivity index (χ3v) is 11.1. The van der Waals surface area contributed by atoms with Crippen LogP contribution in [0, 0.1) is 6.92 Å². The second-order valence-corrected chi connectivity index (χ2v) is 14.5. The Bertz CT molecular complexity index is 690. The Balaban J connectivity index is 2.05. The lowest BCUT2D eigenvalue weighted by atomic mass is 10.2. The molecule has 0 aliphatic heterocycles. The Hall–Kier alpha value is -0.553. The Labute approximate surface area is 160 Å². The van der Waals surface area contributed by atoms with Crippen molar-refractivity contribution in [2.75, 3.05) is 0 Å². The molecule has 0 spiro atoms. The van der Waals surface area contributed by atoms with Crippen molar-refractivity contribution in [1.29, 1.82) is 0 Å². The van der Waals surface area contributed by atoms with Crippen LogP contribution in [0.25, 0.3) is 0 Å². The van der Waals surface area contributed by atoms with Crippen LogP contribution in [0.2, 0.25) is 18.1 Å². The molecule has 2 aromatic carbocycles. The summed E-state index contributed by atoms with van der Waals surface area (Å²) in [5.41, 5.74) is 2.51. The van der Waals surface area contributed by atoms with E-state index in [2.05, 4.69) is 99.2 Å². The van der Waals surface area contributed by atoms with Gasteiger partial charge in [-0.25, -0.2) is 0 Å². The maximum atomic E-state index is 6.32. The number of hydrogen-bond acceptors (Lipinski definition) is 2. The van der Waals surface area contributed by atoms with Crippen LogP contribution in [0.4, 0.5) is 0 Å². The molecule has 0 bridgehead atoms. The Morgan fingerprint density at radius 3 is 2.21 bits per heavy atom. The topological polar surface area (TPSA) is 9.23 Å². The Kier molecular flexibility index (Phi) is 6.40. The molecule has 4 heteroatoms. The molecule has 130 valence electrons. The molecule has 0 heterocycles. The van der Waals surface area contributed by atoms with Crippen molar-refractivity contribution >= 4 is 36.0 Å². The third kappa shape index (κ3) is 5.22.